The van der Waals surface area contributed by atoms with Crippen LogP contribution in [-0.2, 0) is 5.75 Å². The third kappa shape index (κ3) is 3.38. The number of benzene rings is 1. The molecule has 6 heteroatoms. The minimum absolute atomic E-state index is 0.226. The smallest absolute Gasteiger partial charge is 0.258 e. The SMILES string of the molecule is CC(C)SCc1noc(-c2ccc(I)c(O)c2)n1. The summed E-state index contributed by atoms with van der Waals surface area (Å²) in [6.07, 6.45) is 0. The first-order chi connectivity index (χ1) is 8.56. The van der Waals surface area contributed by atoms with Crippen LogP contribution in [-0.4, -0.2) is 20.5 Å². The predicted molar refractivity (Wildman–Crippen MR) is 80.5 cm³/mol. The minimum Gasteiger partial charge on any atom is -0.507 e. The van der Waals surface area contributed by atoms with Gasteiger partial charge in [-0.1, -0.05) is 19.0 Å². The number of hydrogen-bond donors (Lipinski definition) is 1. The van der Waals surface area contributed by atoms with Gasteiger partial charge in [0.25, 0.3) is 5.89 Å². The van der Waals surface area contributed by atoms with Crippen LogP contribution in [0.15, 0.2) is 22.7 Å². The molecule has 0 amide bonds. The maximum Gasteiger partial charge on any atom is 0.258 e. The molecule has 0 bridgehead atoms. The summed E-state index contributed by atoms with van der Waals surface area (Å²) in [7, 11) is 0. The summed E-state index contributed by atoms with van der Waals surface area (Å²) < 4.78 is 5.99. The molecule has 0 aliphatic carbocycles. The highest BCUT2D eigenvalue weighted by Crippen LogP contribution is 2.27. The molecule has 96 valence electrons. The van der Waals surface area contributed by atoms with Crippen molar-refractivity contribution in [2.75, 3.05) is 0 Å². The minimum atomic E-state index is 0.226. The van der Waals surface area contributed by atoms with Crippen LogP contribution in [0, 0.1) is 3.57 Å². The van der Waals surface area contributed by atoms with Gasteiger partial charge in [-0.25, -0.2) is 0 Å². The number of phenolic OH excluding ortho intramolecular Hbond substituents is 1. The van der Waals surface area contributed by atoms with Crippen molar-refractivity contribution in [3.63, 3.8) is 0 Å². The van der Waals surface area contributed by atoms with Crippen molar-refractivity contribution >= 4 is 34.4 Å². The lowest BCUT2D eigenvalue weighted by Crippen LogP contribution is -1.90. The molecule has 2 aromatic rings. The van der Waals surface area contributed by atoms with E-state index in [-0.39, 0.29) is 5.75 Å². The normalized spacial score (nSPS) is 11.1. The van der Waals surface area contributed by atoms with Gasteiger partial charge in [-0.05, 0) is 46.0 Å². The quantitative estimate of drug-likeness (QED) is 0.825. The second-order valence-corrected chi connectivity index (χ2v) is 6.77. The van der Waals surface area contributed by atoms with Crippen molar-refractivity contribution in [1.29, 1.82) is 0 Å². The van der Waals surface area contributed by atoms with Crippen LogP contribution in [0.4, 0.5) is 0 Å². The van der Waals surface area contributed by atoms with Gasteiger partial charge in [0.1, 0.15) is 5.75 Å². The summed E-state index contributed by atoms with van der Waals surface area (Å²) in [4.78, 5) is 4.31. The molecule has 1 aromatic heterocycles. The number of halogens is 1. The van der Waals surface area contributed by atoms with E-state index in [1.165, 1.54) is 0 Å². The molecular formula is C12H13IN2O2S. The summed E-state index contributed by atoms with van der Waals surface area (Å²) in [5, 5.41) is 14.1. The van der Waals surface area contributed by atoms with Gasteiger partial charge in [-0.2, -0.15) is 16.7 Å². The zero-order chi connectivity index (χ0) is 13.1. The summed E-state index contributed by atoms with van der Waals surface area (Å²) in [6, 6.07) is 5.31. The van der Waals surface area contributed by atoms with E-state index in [4.69, 9.17) is 4.52 Å². The predicted octanol–water partition coefficient (Wildman–Crippen LogP) is 3.69. The molecule has 1 N–H and O–H groups in total. The van der Waals surface area contributed by atoms with Crippen molar-refractivity contribution in [1.82, 2.24) is 10.1 Å². The molecule has 0 fully saturated rings. The summed E-state index contributed by atoms with van der Waals surface area (Å²) >= 11 is 3.83. The third-order valence-corrected chi connectivity index (χ3v) is 4.21. The van der Waals surface area contributed by atoms with Gasteiger partial charge in [-0.3, -0.25) is 0 Å². The first-order valence-corrected chi connectivity index (χ1v) is 7.62. The van der Waals surface area contributed by atoms with Gasteiger partial charge < -0.3 is 9.63 Å². The highest BCUT2D eigenvalue weighted by Gasteiger charge is 2.11. The van der Waals surface area contributed by atoms with E-state index in [1.807, 2.05) is 12.1 Å². The van der Waals surface area contributed by atoms with E-state index in [1.54, 1.807) is 17.8 Å². The largest absolute Gasteiger partial charge is 0.507 e. The first-order valence-electron chi connectivity index (χ1n) is 5.49. The zero-order valence-electron chi connectivity index (χ0n) is 10.1. The lowest BCUT2D eigenvalue weighted by Gasteiger charge is -1.99. The van der Waals surface area contributed by atoms with Crippen LogP contribution in [0.25, 0.3) is 11.5 Å². The highest BCUT2D eigenvalue weighted by atomic mass is 127. The number of hydrogen-bond acceptors (Lipinski definition) is 5. The topological polar surface area (TPSA) is 59.2 Å². The maximum atomic E-state index is 9.64. The molecule has 1 aromatic carbocycles. The van der Waals surface area contributed by atoms with E-state index < -0.39 is 0 Å². The van der Waals surface area contributed by atoms with Crippen LogP contribution in [0.1, 0.15) is 19.7 Å². The van der Waals surface area contributed by atoms with Crippen molar-refractivity contribution in [2.24, 2.45) is 0 Å². The van der Waals surface area contributed by atoms with E-state index in [0.29, 0.717) is 17.0 Å². The van der Waals surface area contributed by atoms with Gasteiger partial charge >= 0.3 is 0 Å². The third-order valence-electron chi connectivity index (χ3n) is 2.21. The summed E-state index contributed by atoms with van der Waals surface area (Å²) in [5.41, 5.74) is 0.737. The molecule has 0 aliphatic heterocycles. The number of nitrogens with zero attached hydrogens (tertiary/aromatic N) is 2. The number of thioether (sulfide) groups is 1. The Bertz CT molecular complexity index is 543. The van der Waals surface area contributed by atoms with Gasteiger partial charge in [0, 0.05) is 5.56 Å². The lowest BCUT2D eigenvalue weighted by molar-refractivity contribution is 0.424. The Kier molecular flexibility index (Phi) is 4.50. The fraction of sp³-hybridized carbons (Fsp3) is 0.333. The second-order valence-electron chi connectivity index (χ2n) is 4.04. The number of phenols is 1. The molecule has 18 heavy (non-hydrogen) atoms. The number of aromatic nitrogens is 2. The molecule has 0 saturated carbocycles. The van der Waals surface area contributed by atoms with E-state index in [9.17, 15) is 5.11 Å². The van der Waals surface area contributed by atoms with Crippen molar-refractivity contribution in [3.05, 3.63) is 27.6 Å². The fourth-order valence-corrected chi connectivity index (χ4v) is 2.25. The first kappa shape index (κ1) is 13.7. The molecule has 0 spiro atoms. The molecule has 0 unspecified atom stereocenters. The standard InChI is InChI=1S/C12H13IN2O2S/c1-7(2)18-6-11-14-12(17-15-11)8-3-4-9(13)10(16)5-8/h3-5,7,16H,6H2,1-2H3. The van der Waals surface area contributed by atoms with Crippen LogP contribution >= 0.6 is 34.4 Å². The molecule has 0 saturated heterocycles. The Balaban J connectivity index is 2.16. The Morgan fingerprint density at radius 2 is 2.22 bits per heavy atom. The van der Waals surface area contributed by atoms with Gasteiger partial charge in [0.2, 0.25) is 0 Å². The van der Waals surface area contributed by atoms with Crippen LogP contribution in [0.5, 0.6) is 5.75 Å². The van der Waals surface area contributed by atoms with Gasteiger partial charge in [-0.15, -0.1) is 0 Å². The van der Waals surface area contributed by atoms with Crippen LogP contribution in [0.3, 0.4) is 0 Å². The molecule has 2 rings (SSSR count). The maximum absolute atomic E-state index is 9.64. The Morgan fingerprint density at radius 3 is 2.89 bits per heavy atom. The van der Waals surface area contributed by atoms with Crippen molar-refractivity contribution in [2.45, 2.75) is 24.9 Å². The highest BCUT2D eigenvalue weighted by molar-refractivity contribution is 14.1. The fourth-order valence-electron chi connectivity index (χ4n) is 1.32. The van der Waals surface area contributed by atoms with Crippen molar-refractivity contribution in [3.8, 4) is 17.2 Å². The van der Waals surface area contributed by atoms with E-state index in [2.05, 4.69) is 46.6 Å². The van der Waals surface area contributed by atoms with E-state index in [0.717, 1.165) is 14.9 Å². The monoisotopic (exact) mass is 376 g/mol. The number of aromatic hydroxyl groups is 1. The molecular weight excluding hydrogens is 363 g/mol. The van der Waals surface area contributed by atoms with Gasteiger partial charge in [0.05, 0.1) is 9.32 Å². The van der Waals surface area contributed by atoms with E-state index >= 15 is 0 Å². The van der Waals surface area contributed by atoms with Crippen molar-refractivity contribution < 1.29 is 9.63 Å². The Morgan fingerprint density at radius 1 is 1.44 bits per heavy atom. The molecule has 0 atom stereocenters. The lowest BCUT2D eigenvalue weighted by atomic mass is 10.2. The van der Waals surface area contributed by atoms with Crippen LogP contribution < -0.4 is 0 Å². The zero-order valence-corrected chi connectivity index (χ0v) is 13.0. The Hall–Kier alpha value is -0.760. The summed E-state index contributed by atoms with van der Waals surface area (Å²) in [6.45, 7) is 4.26. The van der Waals surface area contributed by atoms with Gasteiger partial charge in [0.15, 0.2) is 5.82 Å². The Labute approximate surface area is 123 Å². The molecule has 1 heterocycles. The van der Waals surface area contributed by atoms with Crippen LogP contribution in [0.2, 0.25) is 0 Å². The average Bonchev–Trinajstić information content (AvgIpc) is 2.79. The average molecular weight is 376 g/mol. The summed E-state index contributed by atoms with van der Waals surface area (Å²) in [5.74, 6) is 2.09. The molecule has 4 nitrogen and oxygen atoms in total. The second kappa shape index (κ2) is 5.92. The molecule has 0 aliphatic rings. The molecule has 0 radical (unpaired) electrons. The number of rotatable bonds is 4.